The van der Waals surface area contributed by atoms with Gasteiger partial charge in [0, 0.05) is 41.4 Å². The van der Waals surface area contributed by atoms with Crippen LogP contribution >= 0.6 is 11.6 Å². The minimum atomic E-state index is -3.25. The van der Waals surface area contributed by atoms with Crippen molar-refractivity contribution in [3.8, 4) is 11.5 Å². The predicted molar refractivity (Wildman–Crippen MR) is 139 cm³/mol. The molecule has 1 aromatic heterocycles. The fraction of sp³-hybridized carbons (Fsp3) is 0.393. The van der Waals surface area contributed by atoms with E-state index in [-0.39, 0.29) is 51.7 Å². The number of aryl methyl sites for hydroxylation is 1. The molecule has 1 fully saturated rings. The number of aromatic nitrogens is 1. The molecule has 0 radical (unpaired) electrons. The van der Waals surface area contributed by atoms with Gasteiger partial charge >= 0.3 is 12.6 Å². The normalized spacial score (nSPS) is 14.1. The maximum Gasteiger partial charge on any atom is 0.387 e. The lowest BCUT2D eigenvalue weighted by Gasteiger charge is -2.21. The van der Waals surface area contributed by atoms with E-state index in [1.165, 1.54) is 20.1 Å². The molecule has 0 unspecified atom stereocenters. The molecule has 7 nitrogen and oxygen atoms in total. The quantitative estimate of drug-likeness (QED) is 0.299. The maximum atomic E-state index is 14.9. The number of pyridine rings is 1. The van der Waals surface area contributed by atoms with E-state index < -0.39 is 24.5 Å². The van der Waals surface area contributed by atoms with Crippen LogP contribution in [0.1, 0.15) is 53.9 Å². The first kappa shape index (κ1) is 28.5. The van der Waals surface area contributed by atoms with Crippen molar-refractivity contribution in [2.75, 3.05) is 20.2 Å². The number of esters is 1. The van der Waals surface area contributed by atoms with Crippen molar-refractivity contribution in [1.29, 1.82) is 0 Å². The van der Waals surface area contributed by atoms with Gasteiger partial charge in [-0.1, -0.05) is 24.6 Å². The molecule has 0 aliphatic carbocycles. The molecule has 1 amide bonds. The smallest absolute Gasteiger partial charge is 0.387 e. The zero-order chi connectivity index (χ0) is 28.3. The Morgan fingerprint density at radius 1 is 1.13 bits per heavy atom. The van der Waals surface area contributed by atoms with Crippen LogP contribution in [0.3, 0.4) is 0 Å². The largest absolute Gasteiger partial charge is 0.478 e. The van der Waals surface area contributed by atoms with Crippen LogP contribution in [0, 0.1) is 5.82 Å². The summed E-state index contributed by atoms with van der Waals surface area (Å²) in [6.07, 6.45) is 1.06. The van der Waals surface area contributed by atoms with E-state index in [1.54, 1.807) is 30.0 Å². The van der Waals surface area contributed by atoms with E-state index in [0.29, 0.717) is 29.9 Å². The number of methoxy groups -OCH3 is 1. The van der Waals surface area contributed by atoms with Crippen molar-refractivity contribution in [1.82, 2.24) is 9.88 Å². The zero-order valence-corrected chi connectivity index (χ0v) is 22.5. The Balaban J connectivity index is 1.83. The number of halogens is 4. The van der Waals surface area contributed by atoms with E-state index in [0.717, 1.165) is 18.9 Å². The summed E-state index contributed by atoms with van der Waals surface area (Å²) in [5.41, 5.74) is 1.30. The van der Waals surface area contributed by atoms with Crippen molar-refractivity contribution >= 4 is 34.4 Å². The lowest BCUT2D eigenvalue weighted by atomic mass is 9.97. The van der Waals surface area contributed by atoms with Gasteiger partial charge in [0.2, 0.25) is 0 Å². The van der Waals surface area contributed by atoms with E-state index in [2.05, 4.69) is 9.72 Å². The molecule has 39 heavy (non-hydrogen) atoms. The van der Waals surface area contributed by atoms with E-state index in [4.69, 9.17) is 21.1 Å². The molecular formula is C28H28ClF3N2O5. The van der Waals surface area contributed by atoms with Gasteiger partial charge in [0.15, 0.2) is 6.10 Å². The molecule has 4 rings (SSSR count). The number of fused-ring (bicyclic) bond motifs is 1. The third-order valence-corrected chi connectivity index (χ3v) is 6.98. The number of hydrogen-bond acceptors (Lipinski definition) is 6. The first-order valence-corrected chi connectivity index (χ1v) is 12.9. The summed E-state index contributed by atoms with van der Waals surface area (Å²) >= 11 is 6.56. The van der Waals surface area contributed by atoms with Crippen LogP contribution < -0.4 is 9.47 Å². The SMILES string of the molecule is CCc1nc2c(F)ccc(O[C@@H](C)C(=O)OC)c2c(OC(F)F)c1Cc1ccc(C(=O)N2CCCC2)cc1Cl. The number of amides is 1. The molecule has 11 heteroatoms. The van der Waals surface area contributed by atoms with Gasteiger partial charge in [-0.3, -0.25) is 4.79 Å². The molecule has 0 N–H and O–H groups in total. The second-order valence-corrected chi connectivity index (χ2v) is 9.54. The van der Waals surface area contributed by atoms with Gasteiger partial charge in [0.1, 0.15) is 22.8 Å². The van der Waals surface area contributed by atoms with Crippen molar-refractivity contribution in [2.45, 2.75) is 52.2 Å². The number of hydrogen-bond donors (Lipinski definition) is 0. The Morgan fingerprint density at radius 3 is 2.46 bits per heavy atom. The van der Waals surface area contributed by atoms with E-state index >= 15 is 0 Å². The van der Waals surface area contributed by atoms with Crippen molar-refractivity contribution in [2.24, 2.45) is 0 Å². The number of carbonyl (C=O) groups is 2. The lowest BCUT2D eigenvalue weighted by molar-refractivity contribution is -0.147. The first-order valence-electron chi connectivity index (χ1n) is 12.6. The van der Waals surface area contributed by atoms with E-state index in [9.17, 15) is 22.8 Å². The fourth-order valence-corrected chi connectivity index (χ4v) is 4.92. The zero-order valence-electron chi connectivity index (χ0n) is 21.7. The van der Waals surface area contributed by atoms with Gasteiger partial charge in [-0.05, 0) is 56.0 Å². The van der Waals surface area contributed by atoms with Crippen LogP contribution in [-0.4, -0.2) is 54.7 Å². The van der Waals surface area contributed by atoms with Gasteiger partial charge in [-0.25, -0.2) is 14.2 Å². The monoisotopic (exact) mass is 564 g/mol. The summed E-state index contributed by atoms with van der Waals surface area (Å²) in [7, 11) is 1.18. The molecule has 0 spiro atoms. The minimum Gasteiger partial charge on any atom is -0.478 e. The molecule has 1 atom stereocenters. The standard InChI is InChI=1S/C28H28ClF3N2O5/c1-4-21-18(13-16-7-8-17(14-19(16)29)26(35)34-11-5-6-12-34)25(39-28(31)32)23-22(38-15(2)27(36)37-3)10-9-20(30)24(23)33-21/h7-10,14-15,28H,4-6,11-13H2,1-3H3/t15-/m0/s1. The van der Waals surface area contributed by atoms with Gasteiger partial charge in [-0.2, -0.15) is 8.78 Å². The summed E-state index contributed by atoms with van der Waals surface area (Å²) in [5, 5.41) is 0.121. The third-order valence-electron chi connectivity index (χ3n) is 6.63. The Morgan fingerprint density at radius 2 is 1.85 bits per heavy atom. The summed E-state index contributed by atoms with van der Waals surface area (Å²) in [6.45, 7) is 1.29. The van der Waals surface area contributed by atoms with Crippen LogP contribution in [0.5, 0.6) is 11.5 Å². The molecule has 2 heterocycles. The van der Waals surface area contributed by atoms with Crippen molar-refractivity contribution < 1.29 is 37.0 Å². The number of nitrogens with zero attached hydrogens (tertiary/aromatic N) is 2. The Labute approximate surface area is 228 Å². The van der Waals surface area contributed by atoms with Gasteiger partial charge in [0.25, 0.3) is 5.91 Å². The fourth-order valence-electron chi connectivity index (χ4n) is 4.67. The average molecular weight is 565 g/mol. The first-order chi connectivity index (χ1) is 18.6. The maximum absolute atomic E-state index is 14.9. The highest BCUT2D eigenvalue weighted by Gasteiger charge is 2.27. The molecule has 1 saturated heterocycles. The molecule has 1 aliphatic heterocycles. The summed E-state index contributed by atoms with van der Waals surface area (Å²) in [5.74, 6) is -2.01. The molecule has 2 aromatic carbocycles. The van der Waals surface area contributed by atoms with Crippen LogP contribution in [0.2, 0.25) is 5.02 Å². The third kappa shape index (κ3) is 6.06. The molecule has 0 saturated carbocycles. The molecule has 3 aromatic rings. The average Bonchev–Trinajstić information content (AvgIpc) is 3.46. The lowest BCUT2D eigenvalue weighted by Crippen LogP contribution is -2.27. The highest BCUT2D eigenvalue weighted by atomic mass is 35.5. The molecular weight excluding hydrogens is 537 g/mol. The van der Waals surface area contributed by atoms with Crippen molar-refractivity contribution in [3.05, 3.63) is 63.6 Å². The second-order valence-electron chi connectivity index (χ2n) is 9.13. The van der Waals surface area contributed by atoms with Crippen molar-refractivity contribution in [3.63, 3.8) is 0 Å². The molecule has 208 valence electrons. The van der Waals surface area contributed by atoms with Gasteiger partial charge in [-0.15, -0.1) is 0 Å². The summed E-state index contributed by atoms with van der Waals surface area (Å²) < 4.78 is 57.7. The highest BCUT2D eigenvalue weighted by molar-refractivity contribution is 6.31. The molecule has 1 aliphatic rings. The minimum absolute atomic E-state index is 0.00763. The Kier molecular flexibility index (Phi) is 8.84. The number of benzene rings is 2. The van der Waals surface area contributed by atoms with Crippen LogP contribution in [0.25, 0.3) is 10.9 Å². The van der Waals surface area contributed by atoms with Crippen LogP contribution in [-0.2, 0) is 22.4 Å². The summed E-state index contributed by atoms with van der Waals surface area (Å²) in [6, 6.07) is 7.15. The summed E-state index contributed by atoms with van der Waals surface area (Å²) in [4.78, 5) is 30.9. The number of ether oxygens (including phenoxy) is 3. The van der Waals surface area contributed by atoms with E-state index in [1.807, 2.05) is 0 Å². The number of rotatable bonds is 9. The number of alkyl halides is 2. The topological polar surface area (TPSA) is 78.0 Å². The van der Waals surface area contributed by atoms with Gasteiger partial charge < -0.3 is 19.1 Å². The number of likely N-dealkylation sites (tertiary alicyclic amines) is 1. The second kappa shape index (κ2) is 12.1. The number of carbonyl (C=O) groups excluding carboxylic acids is 2. The Hall–Kier alpha value is -3.53. The predicted octanol–water partition coefficient (Wildman–Crippen LogP) is 5.96. The van der Waals surface area contributed by atoms with Gasteiger partial charge in [0.05, 0.1) is 12.5 Å². The van der Waals surface area contributed by atoms with Crippen LogP contribution in [0.4, 0.5) is 13.2 Å². The highest BCUT2D eigenvalue weighted by Crippen LogP contribution is 2.41. The molecule has 0 bridgehead atoms. The van der Waals surface area contributed by atoms with Crippen LogP contribution in [0.15, 0.2) is 30.3 Å². The Bertz CT molecular complexity index is 1400.